The van der Waals surface area contributed by atoms with Crippen molar-refractivity contribution >= 4 is 17.3 Å². The third-order valence-electron chi connectivity index (χ3n) is 3.10. The number of nitro groups is 1. The average molecular weight is 296 g/mol. The number of ether oxygens (including phenoxy) is 1. The van der Waals surface area contributed by atoms with Crippen LogP contribution in [0.4, 0.5) is 11.4 Å². The van der Waals surface area contributed by atoms with Crippen molar-refractivity contribution in [2.75, 3.05) is 18.6 Å². The van der Waals surface area contributed by atoms with Crippen molar-refractivity contribution in [1.29, 1.82) is 0 Å². The lowest BCUT2D eigenvalue weighted by Crippen LogP contribution is -2.32. The minimum absolute atomic E-state index is 0.0875. The molecular weight excluding hydrogens is 276 g/mol. The number of methoxy groups -OCH3 is 1. The van der Waals surface area contributed by atoms with E-state index in [1.165, 1.54) is 13.2 Å². The summed E-state index contributed by atoms with van der Waals surface area (Å²) < 4.78 is 5.06. The predicted octanol–water partition coefficient (Wildman–Crippen LogP) is 2.68. The number of hydrogen-bond donors (Lipinski definition) is 1. The number of nitrogens with zero attached hydrogens (tertiary/aromatic N) is 2. The van der Waals surface area contributed by atoms with Gasteiger partial charge in [-0.3, -0.25) is 14.9 Å². The Morgan fingerprint density at radius 3 is 2.62 bits per heavy atom. The molecule has 0 amide bonds. The molecule has 1 aromatic carbocycles. The number of nitro benzene ring substituents is 1. The molecule has 0 fully saturated rings. The summed E-state index contributed by atoms with van der Waals surface area (Å²) >= 11 is 0. The van der Waals surface area contributed by atoms with Gasteiger partial charge in [0.2, 0.25) is 0 Å². The first kappa shape index (κ1) is 16.7. The van der Waals surface area contributed by atoms with E-state index in [1.807, 2.05) is 18.7 Å². The van der Waals surface area contributed by atoms with Crippen molar-refractivity contribution in [3.05, 3.63) is 28.3 Å². The second-order valence-corrected chi connectivity index (χ2v) is 4.90. The van der Waals surface area contributed by atoms with Crippen LogP contribution in [0.1, 0.15) is 26.7 Å². The number of aliphatic carboxylic acids is 1. The largest absolute Gasteiger partial charge is 0.490 e. The number of hydrogen-bond acceptors (Lipinski definition) is 5. The summed E-state index contributed by atoms with van der Waals surface area (Å²) in [5.74, 6) is -0.638. The first-order valence-corrected chi connectivity index (χ1v) is 6.67. The van der Waals surface area contributed by atoms with Gasteiger partial charge in [-0.25, -0.2) is 0 Å². The second kappa shape index (κ2) is 7.47. The Balaban J connectivity index is 2.97. The van der Waals surface area contributed by atoms with Crippen LogP contribution in [0.3, 0.4) is 0 Å². The van der Waals surface area contributed by atoms with Gasteiger partial charge in [0.25, 0.3) is 0 Å². The number of anilines is 1. The molecule has 0 aliphatic rings. The van der Waals surface area contributed by atoms with Crippen LogP contribution < -0.4 is 9.64 Å². The lowest BCUT2D eigenvalue weighted by atomic mass is 10.2. The molecule has 0 radical (unpaired) electrons. The zero-order valence-corrected chi connectivity index (χ0v) is 12.4. The van der Waals surface area contributed by atoms with Crippen LogP contribution in [0.15, 0.2) is 18.2 Å². The molecule has 7 nitrogen and oxygen atoms in total. The highest BCUT2D eigenvalue weighted by Gasteiger charge is 2.18. The van der Waals surface area contributed by atoms with Crippen molar-refractivity contribution in [1.82, 2.24) is 0 Å². The van der Waals surface area contributed by atoms with Gasteiger partial charge in [0.15, 0.2) is 5.75 Å². The Kier molecular flexibility index (Phi) is 5.95. The number of benzene rings is 1. The Labute approximate surface area is 123 Å². The third kappa shape index (κ3) is 4.62. The molecule has 0 bridgehead atoms. The van der Waals surface area contributed by atoms with E-state index in [-0.39, 0.29) is 23.9 Å². The molecule has 1 aromatic rings. The molecule has 0 heterocycles. The highest BCUT2D eigenvalue weighted by atomic mass is 16.6. The van der Waals surface area contributed by atoms with Gasteiger partial charge >= 0.3 is 11.7 Å². The maximum absolute atomic E-state index is 10.9. The SMILES string of the molecule is COc1cc(N(CCCC(=O)O)C(C)C)ccc1[N+](=O)[O-]. The molecule has 0 saturated heterocycles. The molecule has 0 aromatic heterocycles. The maximum atomic E-state index is 10.9. The van der Waals surface area contributed by atoms with Crippen LogP contribution in [-0.4, -0.2) is 35.7 Å². The van der Waals surface area contributed by atoms with Gasteiger partial charge in [-0.05, 0) is 26.3 Å². The van der Waals surface area contributed by atoms with E-state index in [0.717, 1.165) is 5.69 Å². The van der Waals surface area contributed by atoms with Gasteiger partial charge in [0.1, 0.15) is 0 Å². The van der Waals surface area contributed by atoms with E-state index in [0.29, 0.717) is 13.0 Å². The summed E-state index contributed by atoms with van der Waals surface area (Å²) in [6, 6.07) is 4.81. The van der Waals surface area contributed by atoms with Gasteiger partial charge in [-0.2, -0.15) is 0 Å². The summed E-state index contributed by atoms with van der Waals surface area (Å²) in [5.41, 5.74) is 0.688. The molecule has 0 atom stereocenters. The van der Waals surface area contributed by atoms with Crippen molar-refractivity contribution < 1.29 is 19.6 Å². The van der Waals surface area contributed by atoms with E-state index in [9.17, 15) is 14.9 Å². The van der Waals surface area contributed by atoms with E-state index in [2.05, 4.69) is 0 Å². The van der Waals surface area contributed by atoms with Gasteiger partial charge < -0.3 is 14.7 Å². The molecule has 0 unspecified atom stereocenters. The van der Waals surface area contributed by atoms with Crippen molar-refractivity contribution in [3.63, 3.8) is 0 Å². The van der Waals surface area contributed by atoms with Crippen LogP contribution >= 0.6 is 0 Å². The van der Waals surface area contributed by atoms with Gasteiger partial charge in [-0.1, -0.05) is 0 Å². The smallest absolute Gasteiger partial charge is 0.311 e. The highest BCUT2D eigenvalue weighted by Crippen LogP contribution is 2.32. The minimum atomic E-state index is -0.833. The number of carboxylic acid groups (broad SMARTS) is 1. The average Bonchev–Trinajstić information content (AvgIpc) is 2.42. The van der Waals surface area contributed by atoms with Crippen LogP contribution in [-0.2, 0) is 4.79 Å². The molecule has 0 aliphatic carbocycles. The van der Waals surface area contributed by atoms with Gasteiger partial charge in [-0.15, -0.1) is 0 Å². The monoisotopic (exact) mass is 296 g/mol. The van der Waals surface area contributed by atoms with Crippen molar-refractivity contribution in [2.45, 2.75) is 32.7 Å². The van der Waals surface area contributed by atoms with Crippen LogP contribution in [0.5, 0.6) is 5.75 Å². The molecule has 1 N–H and O–H groups in total. The molecular formula is C14H20N2O5. The van der Waals surface area contributed by atoms with Crippen molar-refractivity contribution in [2.24, 2.45) is 0 Å². The molecule has 0 spiro atoms. The topological polar surface area (TPSA) is 92.9 Å². The standard InChI is InChI=1S/C14H20N2O5/c1-10(2)15(8-4-5-14(17)18)11-6-7-12(16(19)20)13(9-11)21-3/h6-7,9-10H,4-5,8H2,1-3H3,(H,17,18). The van der Waals surface area contributed by atoms with Crippen LogP contribution in [0.25, 0.3) is 0 Å². The quantitative estimate of drug-likeness (QED) is 0.585. The fourth-order valence-electron chi connectivity index (χ4n) is 2.08. The fraction of sp³-hybridized carbons (Fsp3) is 0.500. The van der Waals surface area contributed by atoms with Gasteiger partial charge in [0, 0.05) is 36.8 Å². The number of rotatable bonds is 8. The van der Waals surface area contributed by atoms with E-state index < -0.39 is 10.9 Å². The fourth-order valence-corrected chi connectivity index (χ4v) is 2.08. The van der Waals surface area contributed by atoms with E-state index in [1.54, 1.807) is 12.1 Å². The molecule has 0 saturated carbocycles. The normalized spacial score (nSPS) is 10.5. The molecule has 21 heavy (non-hydrogen) atoms. The lowest BCUT2D eigenvalue weighted by molar-refractivity contribution is -0.385. The lowest BCUT2D eigenvalue weighted by Gasteiger charge is -2.29. The summed E-state index contributed by atoms with van der Waals surface area (Å²) in [7, 11) is 1.39. The van der Waals surface area contributed by atoms with Gasteiger partial charge in [0.05, 0.1) is 12.0 Å². The Morgan fingerprint density at radius 1 is 1.48 bits per heavy atom. The summed E-state index contributed by atoms with van der Waals surface area (Å²) in [6.07, 6.45) is 0.597. The summed E-state index contributed by atoms with van der Waals surface area (Å²) in [4.78, 5) is 23.0. The number of carboxylic acids is 1. The summed E-state index contributed by atoms with van der Waals surface area (Å²) in [6.45, 7) is 4.52. The molecule has 1 rings (SSSR count). The Hall–Kier alpha value is -2.31. The Bertz CT molecular complexity index is 516. The zero-order chi connectivity index (χ0) is 16.0. The van der Waals surface area contributed by atoms with E-state index in [4.69, 9.17) is 9.84 Å². The van der Waals surface area contributed by atoms with Crippen molar-refractivity contribution in [3.8, 4) is 5.75 Å². The zero-order valence-electron chi connectivity index (χ0n) is 12.4. The Morgan fingerprint density at radius 2 is 2.14 bits per heavy atom. The number of carbonyl (C=O) groups is 1. The predicted molar refractivity (Wildman–Crippen MR) is 79.0 cm³/mol. The first-order valence-electron chi connectivity index (χ1n) is 6.67. The van der Waals surface area contributed by atoms with E-state index >= 15 is 0 Å². The molecule has 0 aliphatic heterocycles. The minimum Gasteiger partial charge on any atom is -0.490 e. The maximum Gasteiger partial charge on any atom is 0.311 e. The second-order valence-electron chi connectivity index (χ2n) is 4.90. The third-order valence-corrected chi connectivity index (χ3v) is 3.10. The highest BCUT2D eigenvalue weighted by molar-refractivity contribution is 5.66. The van der Waals surface area contributed by atoms with Crippen LogP contribution in [0.2, 0.25) is 0 Å². The first-order chi connectivity index (χ1) is 9.86. The molecule has 116 valence electrons. The van der Waals surface area contributed by atoms with Crippen LogP contribution in [0, 0.1) is 10.1 Å². The summed E-state index contributed by atoms with van der Waals surface area (Å²) in [5, 5.41) is 19.6. The molecule has 7 heteroatoms.